The Balaban J connectivity index is 2.45. The highest BCUT2D eigenvalue weighted by atomic mass is 79.9. The lowest BCUT2D eigenvalue weighted by molar-refractivity contribution is 0.530. The Bertz CT molecular complexity index is 627. The first-order chi connectivity index (χ1) is 10.0. The van der Waals surface area contributed by atoms with E-state index >= 15 is 0 Å². The standard InChI is InChI=1S/C16H13Br2Cl2F/c17-13-5-2-4-12(7-13)16(9-19,10-20)8-11-3-1-6-14(21)15(11)18/h1-7H,8-10H2. The van der Waals surface area contributed by atoms with Gasteiger partial charge in [0.05, 0.1) is 4.47 Å². The van der Waals surface area contributed by atoms with Crippen LogP contribution >= 0.6 is 55.1 Å². The van der Waals surface area contributed by atoms with Crippen LogP contribution in [0.5, 0.6) is 0 Å². The van der Waals surface area contributed by atoms with Crippen LogP contribution < -0.4 is 0 Å². The SMILES string of the molecule is Fc1cccc(CC(CCl)(CCl)c2cccc(Br)c2)c1Br. The van der Waals surface area contributed by atoms with Crippen molar-refractivity contribution < 1.29 is 4.39 Å². The maximum Gasteiger partial charge on any atom is 0.137 e. The fourth-order valence-electron chi connectivity index (χ4n) is 2.25. The molecule has 2 aromatic carbocycles. The lowest BCUT2D eigenvalue weighted by atomic mass is 9.79. The third-order valence-corrected chi connectivity index (χ3v) is 5.91. The monoisotopic (exact) mass is 452 g/mol. The Morgan fingerprint density at radius 2 is 1.67 bits per heavy atom. The summed E-state index contributed by atoms with van der Waals surface area (Å²) >= 11 is 19.3. The molecule has 0 aromatic heterocycles. The number of alkyl halides is 2. The van der Waals surface area contributed by atoms with Crippen molar-refractivity contribution in [2.45, 2.75) is 11.8 Å². The van der Waals surface area contributed by atoms with Gasteiger partial charge in [-0.15, -0.1) is 23.2 Å². The fourth-order valence-corrected chi connectivity index (χ4v) is 3.84. The summed E-state index contributed by atoms with van der Waals surface area (Å²) in [6, 6.07) is 12.9. The summed E-state index contributed by atoms with van der Waals surface area (Å²) in [7, 11) is 0. The van der Waals surface area contributed by atoms with Gasteiger partial charge in [0.25, 0.3) is 0 Å². The van der Waals surface area contributed by atoms with Crippen LogP contribution in [-0.2, 0) is 11.8 Å². The Morgan fingerprint density at radius 3 is 2.29 bits per heavy atom. The molecule has 0 saturated carbocycles. The van der Waals surface area contributed by atoms with E-state index in [2.05, 4.69) is 31.9 Å². The summed E-state index contributed by atoms with van der Waals surface area (Å²) in [4.78, 5) is 0. The molecule has 0 fully saturated rings. The van der Waals surface area contributed by atoms with Gasteiger partial charge in [0, 0.05) is 21.6 Å². The Hall–Kier alpha value is -0.0900. The van der Waals surface area contributed by atoms with Gasteiger partial charge in [0.15, 0.2) is 0 Å². The maximum absolute atomic E-state index is 13.7. The van der Waals surface area contributed by atoms with E-state index in [1.807, 2.05) is 30.3 Å². The van der Waals surface area contributed by atoms with E-state index in [-0.39, 0.29) is 5.82 Å². The average Bonchev–Trinajstić information content (AvgIpc) is 2.49. The zero-order valence-corrected chi connectivity index (χ0v) is 15.7. The summed E-state index contributed by atoms with van der Waals surface area (Å²) in [5, 5.41) is 0. The molecule has 112 valence electrons. The maximum atomic E-state index is 13.7. The predicted octanol–water partition coefficient (Wildman–Crippen LogP) is 6.31. The average molecular weight is 455 g/mol. The van der Waals surface area contributed by atoms with Gasteiger partial charge in [-0.1, -0.05) is 40.2 Å². The fraction of sp³-hybridized carbons (Fsp3) is 0.250. The summed E-state index contributed by atoms with van der Waals surface area (Å²) < 4.78 is 15.2. The first-order valence-corrected chi connectivity index (χ1v) is 8.99. The van der Waals surface area contributed by atoms with E-state index in [1.165, 1.54) is 6.07 Å². The number of benzene rings is 2. The highest BCUT2D eigenvalue weighted by Gasteiger charge is 2.32. The number of halogens is 5. The van der Waals surface area contributed by atoms with E-state index in [9.17, 15) is 4.39 Å². The van der Waals surface area contributed by atoms with Crippen molar-refractivity contribution in [1.29, 1.82) is 0 Å². The van der Waals surface area contributed by atoms with Gasteiger partial charge in [0.2, 0.25) is 0 Å². The molecule has 2 aromatic rings. The Kier molecular flexibility index (Phi) is 6.13. The summed E-state index contributed by atoms with van der Waals surface area (Å²) in [6.45, 7) is 0. The Labute approximate surface area is 150 Å². The molecule has 0 radical (unpaired) electrons. The second-order valence-corrected chi connectivity index (χ2v) is 7.19. The van der Waals surface area contributed by atoms with Gasteiger partial charge >= 0.3 is 0 Å². The molecule has 0 nitrogen and oxygen atoms in total. The molecule has 0 aliphatic carbocycles. The van der Waals surface area contributed by atoms with Crippen molar-refractivity contribution in [2.75, 3.05) is 11.8 Å². The quantitative estimate of drug-likeness (QED) is 0.464. The highest BCUT2D eigenvalue weighted by Crippen LogP contribution is 2.35. The van der Waals surface area contributed by atoms with E-state index in [1.54, 1.807) is 6.07 Å². The molecule has 0 amide bonds. The van der Waals surface area contributed by atoms with Crippen molar-refractivity contribution in [1.82, 2.24) is 0 Å². The zero-order valence-electron chi connectivity index (χ0n) is 11.1. The molecule has 0 unspecified atom stereocenters. The lowest BCUT2D eigenvalue weighted by Gasteiger charge is -2.31. The molecular weight excluding hydrogens is 442 g/mol. The smallest absolute Gasteiger partial charge is 0.137 e. The van der Waals surface area contributed by atoms with Gasteiger partial charge in [0.1, 0.15) is 5.82 Å². The number of rotatable bonds is 5. The normalized spacial score (nSPS) is 11.7. The van der Waals surface area contributed by atoms with Crippen molar-refractivity contribution in [3.63, 3.8) is 0 Å². The van der Waals surface area contributed by atoms with E-state index in [4.69, 9.17) is 23.2 Å². The predicted molar refractivity (Wildman–Crippen MR) is 95.1 cm³/mol. The Morgan fingerprint density at radius 1 is 1.00 bits per heavy atom. The molecule has 0 heterocycles. The van der Waals surface area contributed by atoms with Crippen molar-refractivity contribution in [2.24, 2.45) is 0 Å². The largest absolute Gasteiger partial charge is 0.206 e. The van der Waals surface area contributed by atoms with Crippen molar-refractivity contribution in [3.05, 3.63) is 68.4 Å². The molecule has 0 N–H and O–H groups in total. The second kappa shape index (κ2) is 7.45. The van der Waals surface area contributed by atoms with Crippen LogP contribution in [0.25, 0.3) is 0 Å². The van der Waals surface area contributed by atoms with Crippen LogP contribution in [0.15, 0.2) is 51.4 Å². The molecule has 0 bridgehead atoms. The number of hydrogen-bond donors (Lipinski definition) is 0. The lowest BCUT2D eigenvalue weighted by Crippen LogP contribution is -2.33. The first-order valence-electron chi connectivity index (χ1n) is 6.33. The van der Waals surface area contributed by atoms with E-state index in [0.717, 1.165) is 15.6 Å². The van der Waals surface area contributed by atoms with Crippen LogP contribution in [0, 0.1) is 5.82 Å². The van der Waals surface area contributed by atoms with Gasteiger partial charge in [-0.3, -0.25) is 0 Å². The van der Waals surface area contributed by atoms with E-state index in [0.29, 0.717) is 22.7 Å². The summed E-state index contributed by atoms with van der Waals surface area (Å²) in [6.07, 6.45) is 0.564. The molecule has 0 saturated heterocycles. The molecular formula is C16H13Br2Cl2F. The van der Waals surface area contributed by atoms with Crippen LogP contribution in [-0.4, -0.2) is 11.8 Å². The van der Waals surface area contributed by atoms with Crippen LogP contribution in [0.3, 0.4) is 0 Å². The first kappa shape index (κ1) is 17.3. The third kappa shape index (κ3) is 3.82. The molecule has 21 heavy (non-hydrogen) atoms. The van der Waals surface area contributed by atoms with Crippen LogP contribution in [0.2, 0.25) is 0 Å². The van der Waals surface area contributed by atoms with Gasteiger partial charge in [-0.25, -0.2) is 4.39 Å². The third-order valence-electron chi connectivity index (χ3n) is 3.51. The van der Waals surface area contributed by atoms with Crippen molar-refractivity contribution >= 4 is 55.1 Å². The molecule has 0 aliphatic rings. The van der Waals surface area contributed by atoms with Crippen LogP contribution in [0.4, 0.5) is 4.39 Å². The molecule has 0 atom stereocenters. The molecule has 0 spiro atoms. The second-order valence-electron chi connectivity index (χ2n) is 4.95. The minimum Gasteiger partial charge on any atom is -0.206 e. The molecule has 2 rings (SSSR count). The van der Waals surface area contributed by atoms with Gasteiger partial charge in [-0.05, 0) is 51.7 Å². The minimum absolute atomic E-state index is 0.278. The summed E-state index contributed by atoms with van der Waals surface area (Å²) in [5.41, 5.74) is 1.46. The van der Waals surface area contributed by atoms with Crippen molar-refractivity contribution in [3.8, 4) is 0 Å². The topological polar surface area (TPSA) is 0 Å². The van der Waals surface area contributed by atoms with Gasteiger partial charge in [-0.2, -0.15) is 0 Å². The minimum atomic E-state index is -0.441. The number of hydrogen-bond acceptors (Lipinski definition) is 0. The molecule has 0 aliphatic heterocycles. The summed E-state index contributed by atoms with van der Waals surface area (Å²) in [5.74, 6) is 0.436. The van der Waals surface area contributed by atoms with Crippen LogP contribution in [0.1, 0.15) is 11.1 Å². The highest BCUT2D eigenvalue weighted by molar-refractivity contribution is 9.10. The zero-order chi connectivity index (χ0) is 15.5. The van der Waals surface area contributed by atoms with Gasteiger partial charge < -0.3 is 0 Å². The van der Waals surface area contributed by atoms with E-state index < -0.39 is 5.41 Å². The molecule has 5 heteroatoms.